The fraction of sp³-hybridized carbons (Fsp3) is 0.324. The van der Waals surface area contributed by atoms with Gasteiger partial charge in [-0.05, 0) is 81.9 Å². The van der Waals surface area contributed by atoms with E-state index in [2.05, 4.69) is 11.2 Å². The number of anilines is 2. The maximum atomic E-state index is 17.6. The quantitative estimate of drug-likeness (QED) is 0.270. The van der Waals surface area contributed by atoms with Gasteiger partial charge in [-0.15, -0.1) is 0 Å². The number of fused-ring (bicyclic) bond motifs is 1. The van der Waals surface area contributed by atoms with Crippen molar-refractivity contribution in [2.45, 2.75) is 51.0 Å². The molecule has 0 saturated carbocycles. The van der Waals surface area contributed by atoms with Gasteiger partial charge in [0.1, 0.15) is 5.75 Å². The summed E-state index contributed by atoms with van der Waals surface area (Å²) in [4.78, 5) is 34.1. The van der Waals surface area contributed by atoms with Crippen LogP contribution in [0.2, 0.25) is 0 Å². The molecule has 0 saturated heterocycles. The third kappa shape index (κ3) is 6.01. The normalized spacial score (nSPS) is 20.4. The van der Waals surface area contributed by atoms with Crippen molar-refractivity contribution in [1.82, 2.24) is 24.1 Å². The number of rotatable bonds is 8. The van der Waals surface area contributed by atoms with Crippen LogP contribution in [0, 0.1) is 6.92 Å². The first-order valence-electron chi connectivity index (χ1n) is 15.9. The molecule has 4 aromatic rings. The summed E-state index contributed by atoms with van der Waals surface area (Å²) >= 11 is 0. The Kier molecular flexibility index (Phi) is 8.63. The molecule has 10 heteroatoms. The maximum absolute atomic E-state index is 17.6. The largest absolute Gasteiger partial charge is 0.508 e. The smallest absolute Gasteiger partial charge is 0.265 e. The predicted molar refractivity (Wildman–Crippen MR) is 181 cm³/mol. The third-order valence-corrected chi connectivity index (χ3v) is 9.28. The van der Waals surface area contributed by atoms with Crippen LogP contribution in [0.4, 0.5) is 15.8 Å². The predicted octanol–water partition coefficient (Wildman–Crippen LogP) is 5.67. The first-order chi connectivity index (χ1) is 22.5. The van der Waals surface area contributed by atoms with Crippen molar-refractivity contribution >= 4 is 23.2 Å². The highest BCUT2D eigenvalue weighted by atomic mass is 19.1. The number of phenolic OH excluding ortho intramolecular Hbond substituents is 1. The Hall–Kier alpha value is -4.96. The number of hydrogen-bond donors (Lipinski definition) is 1. The van der Waals surface area contributed by atoms with Crippen LogP contribution in [0.1, 0.15) is 45.7 Å². The van der Waals surface area contributed by atoms with Gasteiger partial charge < -0.3 is 19.5 Å². The van der Waals surface area contributed by atoms with Gasteiger partial charge in [0.15, 0.2) is 0 Å². The van der Waals surface area contributed by atoms with Crippen LogP contribution in [-0.2, 0) is 31.4 Å². The summed E-state index contributed by atoms with van der Waals surface area (Å²) in [5.41, 5.74) is 2.51. The monoisotopic (exact) mass is 636 g/mol. The molecule has 0 spiro atoms. The van der Waals surface area contributed by atoms with Crippen molar-refractivity contribution in [3.63, 3.8) is 0 Å². The van der Waals surface area contributed by atoms with E-state index in [1.807, 2.05) is 55.6 Å². The standard InChI is InChI=1S/C37H41FN6O3/c1-25-20-27-10-6-7-11-28(27)23-43(25)36(47)37(38)17-9-8-12-33(37)34-21-32(26(2)42(34)19-18-40(3)4)35(46)44(30-22-39-41(5)24-30)29-13-15-31(45)16-14-29/h6-17,21-22,24-25,33,45H,18-20,23H2,1-5H3/t25-,33?,37?/m1/s1. The van der Waals surface area contributed by atoms with E-state index in [-0.39, 0.29) is 17.7 Å². The number of carbonyl (C=O) groups excluding carboxylic acids is 2. The van der Waals surface area contributed by atoms with Crippen LogP contribution < -0.4 is 4.90 Å². The molecule has 0 bridgehead atoms. The van der Waals surface area contributed by atoms with E-state index in [0.717, 1.165) is 5.56 Å². The Morgan fingerprint density at radius 3 is 2.47 bits per heavy atom. The molecule has 2 amide bonds. The van der Waals surface area contributed by atoms with Gasteiger partial charge in [0.25, 0.3) is 11.8 Å². The zero-order valence-electron chi connectivity index (χ0n) is 27.5. The molecule has 2 aromatic heterocycles. The molecule has 2 aliphatic rings. The van der Waals surface area contributed by atoms with Gasteiger partial charge in [-0.25, -0.2) is 4.39 Å². The summed E-state index contributed by atoms with van der Waals surface area (Å²) in [5, 5.41) is 14.2. The third-order valence-electron chi connectivity index (χ3n) is 9.28. The van der Waals surface area contributed by atoms with Gasteiger partial charge in [0.05, 0.1) is 23.4 Å². The summed E-state index contributed by atoms with van der Waals surface area (Å²) in [7, 11) is 5.69. The van der Waals surface area contributed by atoms with Gasteiger partial charge in [0, 0.05) is 56.0 Å². The maximum Gasteiger partial charge on any atom is 0.265 e. The molecule has 3 heterocycles. The highest BCUT2D eigenvalue weighted by molar-refractivity contribution is 6.11. The van der Waals surface area contributed by atoms with E-state index in [0.29, 0.717) is 54.4 Å². The van der Waals surface area contributed by atoms with Crippen LogP contribution >= 0.6 is 0 Å². The van der Waals surface area contributed by atoms with Crippen LogP contribution in [0.5, 0.6) is 5.75 Å². The van der Waals surface area contributed by atoms with E-state index in [1.165, 1.54) is 28.7 Å². The molecule has 6 rings (SSSR count). The van der Waals surface area contributed by atoms with Crippen LogP contribution in [0.15, 0.2) is 91.3 Å². The molecule has 1 aliphatic heterocycles. The fourth-order valence-corrected chi connectivity index (χ4v) is 6.67. The molecule has 2 aromatic carbocycles. The van der Waals surface area contributed by atoms with E-state index < -0.39 is 17.5 Å². The first kappa shape index (κ1) is 32.0. The number of nitrogens with zero attached hydrogens (tertiary/aromatic N) is 6. The Morgan fingerprint density at radius 2 is 1.79 bits per heavy atom. The number of halogens is 1. The summed E-state index contributed by atoms with van der Waals surface area (Å²) in [6, 6.07) is 15.9. The second-order valence-corrected chi connectivity index (χ2v) is 12.8. The highest BCUT2D eigenvalue weighted by Crippen LogP contribution is 2.42. The molecular formula is C37H41FN6O3. The molecule has 1 aliphatic carbocycles. The van der Waals surface area contributed by atoms with Gasteiger partial charge in [0.2, 0.25) is 5.67 Å². The molecule has 0 fully saturated rings. The number of aromatic nitrogens is 3. The molecule has 9 nitrogen and oxygen atoms in total. The minimum atomic E-state index is -2.36. The van der Waals surface area contributed by atoms with Gasteiger partial charge in [-0.3, -0.25) is 19.2 Å². The lowest BCUT2D eigenvalue weighted by Gasteiger charge is -2.41. The molecule has 2 unspecified atom stereocenters. The summed E-state index contributed by atoms with van der Waals surface area (Å²) in [5.74, 6) is -1.81. The number of alkyl halides is 1. The second kappa shape index (κ2) is 12.7. The lowest BCUT2D eigenvalue weighted by Crippen LogP contribution is -2.53. The van der Waals surface area contributed by atoms with Crippen LogP contribution in [0.25, 0.3) is 0 Å². The van der Waals surface area contributed by atoms with Crippen molar-refractivity contribution < 1.29 is 19.1 Å². The Morgan fingerprint density at radius 1 is 1.06 bits per heavy atom. The van der Waals surface area contributed by atoms with Crippen molar-refractivity contribution in [2.75, 3.05) is 25.5 Å². The number of aromatic hydroxyl groups is 1. The number of allylic oxidation sites excluding steroid dienone is 3. The molecular weight excluding hydrogens is 595 g/mol. The minimum absolute atomic E-state index is 0.0771. The van der Waals surface area contributed by atoms with E-state index in [9.17, 15) is 14.7 Å². The number of aryl methyl sites for hydroxylation is 1. The van der Waals surface area contributed by atoms with Crippen LogP contribution in [-0.4, -0.2) is 73.4 Å². The van der Waals surface area contributed by atoms with Crippen molar-refractivity contribution in [1.29, 1.82) is 0 Å². The lowest BCUT2D eigenvalue weighted by molar-refractivity contribution is -0.145. The minimum Gasteiger partial charge on any atom is -0.508 e. The molecule has 3 atom stereocenters. The number of benzene rings is 2. The topological polar surface area (TPSA) is 86.8 Å². The average molecular weight is 637 g/mol. The second-order valence-electron chi connectivity index (χ2n) is 12.8. The van der Waals surface area contributed by atoms with Crippen molar-refractivity contribution in [3.05, 3.63) is 119 Å². The summed E-state index contributed by atoms with van der Waals surface area (Å²) in [6.45, 7) is 5.28. The van der Waals surface area contributed by atoms with E-state index in [4.69, 9.17) is 0 Å². The number of phenols is 1. The number of amides is 2. The van der Waals surface area contributed by atoms with Crippen molar-refractivity contribution in [3.8, 4) is 5.75 Å². The van der Waals surface area contributed by atoms with Gasteiger partial charge >= 0.3 is 0 Å². The van der Waals surface area contributed by atoms with E-state index >= 15 is 4.39 Å². The first-order valence-corrected chi connectivity index (χ1v) is 15.9. The van der Waals surface area contributed by atoms with Gasteiger partial charge in [-0.1, -0.05) is 42.5 Å². The highest BCUT2D eigenvalue weighted by Gasteiger charge is 2.50. The number of carbonyl (C=O) groups is 2. The fourth-order valence-electron chi connectivity index (χ4n) is 6.67. The Labute approximate surface area is 274 Å². The summed E-state index contributed by atoms with van der Waals surface area (Å²) < 4.78 is 21.2. The lowest BCUT2D eigenvalue weighted by atomic mass is 9.80. The zero-order chi connectivity index (χ0) is 33.5. The SMILES string of the molecule is Cc1c(C(=O)N(c2ccc(O)cc2)c2cnn(C)c2)cc(C2C=CC=CC2(F)C(=O)N2Cc3ccccc3C[C@H]2C)n1CCN(C)C. The Balaban J connectivity index is 1.43. The molecule has 47 heavy (non-hydrogen) atoms. The zero-order valence-corrected chi connectivity index (χ0v) is 27.5. The van der Waals surface area contributed by atoms with Gasteiger partial charge in [-0.2, -0.15) is 5.10 Å². The molecule has 0 radical (unpaired) electrons. The molecule has 1 N–H and O–H groups in total. The average Bonchev–Trinajstić information content (AvgIpc) is 3.62. The van der Waals surface area contributed by atoms with Crippen LogP contribution in [0.3, 0.4) is 0 Å². The number of likely N-dealkylation sites (N-methyl/N-ethyl adjacent to an activating group) is 1. The molecule has 244 valence electrons. The van der Waals surface area contributed by atoms with E-state index in [1.54, 1.807) is 65.5 Å². The Bertz CT molecular complexity index is 1860. The number of hydrogen-bond acceptors (Lipinski definition) is 5. The summed E-state index contributed by atoms with van der Waals surface area (Å²) in [6.07, 6.45) is 10.5. The van der Waals surface area contributed by atoms with Crippen molar-refractivity contribution in [2.24, 2.45) is 7.05 Å².